The highest BCUT2D eigenvalue weighted by Gasteiger charge is 2.17. The Morgan fingerprint density at radius 2 is 1.80 bits per heavy atom. The summed E-state index contributed by atoms with van der Waals surface area (Å²) in [4.78, 5) is 22.0. The summed E-state index contributed by atoms with van der Waals surface area (Å²) < 4.78 is 8.94. The minimum atomic E-state index is -1.13. The van der Waals surface area contributed by atoms with E-state index < -0.39 is 11.9 Å². The number of para-hydroxylation sites is 1. The quantitative estimate of drug-likeness (QED) is 0.297. The lowest BCUT2D eigenvalue weighted by atomic mass is 10.3. The third-order valence-corrected chi connectivity index (χ3v) is 1.37. The van der Waals surface area contributed by atoms with Crippen LogP contribution in [0.4, 0.5) is 0 Å². The molecular formula is C11H8O4. The van der Waals surface area contributed by atoms with Crippen LogP contribution in [-0.4, -0.2) is 11.9 Å². The molecule has 0 aliphatic rings. The van der Waals surface area contributed by atoms with Gasteiger partial charge in [-0.3, -0.25) is 0 Å². The van der Waals surface area contributed by atoms with Crippen LogP contribution in [-0.2, 0) is 14.3 Å². The summed E-state index contributed by atoms with van der Waals surface area (Å²) >= 11 is 0. The molecule has 0 heterocycles. The molecular weight excluding hydrogens is 196 g/mol. The molecule has 0 radical (unpaired) electrons. The van der Waals surface area contributed by atoms with Gasteiger partial charge >= 0.3 is 11.9 Å². The van der Waals surface area contributed by atoms with Crippen LogP contribution >= 0.6 is 0 Å². The van der Waals surface area contributed by atoms with Gasteiger partial charge in [-0.2, -0.15) is 0 Å². The number of carbonyl (C=O) groups is 2. The molecule has 0 fully saturated rings. The highest BCUT2D eigenvalue weighted by atomic mass is 16.6. The minimum absolute atomic E-state index is 0.281. The smallest absolute Gasteiger partial charge is 0.418 e. The summed E-state index contributed by atoms with van der Waals surface area (Å²) in [6.45, 7) is 1.48. The van der Waals surface area contributed by atoms with E-state index in [0.29, 0.717) is 0 Å². The Kier molecular flexibility index (Phi) is 3.92. The number of benzene rings is 1. The zero-order chi connectivity index (χ0) is 11.1. The lowest BCUT2D eigenvalue weighted by molar-refractivity contribution is -0.157. The molecule has 4 heteroatoms. The van der Waals surface area contributed by atoms with Gasteiger partial charge in [0.05, 0.1) is 0 Å². The van der Waals surface area contributed by atoms with Crippen molar-refractivity contribution in [1.29, 1.82) is 0 Å². The van der Waals surface area contributed by atoms with Crippen molar-refractivity contribution in [1.82, 2.24) is 0 Å². The molecule has 0 saturated carbocycles. The zero-order valence-corrected chi connectivity index (χ0v) is 8.02. The lowest BCUT2D eigenvalue weighted by Crippen LogP contribution is -2.21. The average Bonchev–Trinajstić information content (AvgIpc) is 2.27. The molecule has 0 aromatic heterocycles. The van der Waals surface area contributed by atoms with E-state index in [1.165, 1.54) is 6.92 Å². The molecule has 0 bridgehead atoms. The summed E-state index contributed by atoms with van der Waals surface area (Å²) in [7, 11) is 0. The number of hydrogen-bond acceptors (Lipinski definition) is 4. The number of rotatable bonds is 1. The monoisotopic (exact) mass is 204 g/mol. The van der Waals surface area contributed by atoms with Crippen molar-refractivity contribution in [3.8, 4) is 17.8 Å². The van der Waals surface area contributed by atoms with Crippen molar-refractivity contribution in [2.75, 3.05) is 0 Å². The van der Waals surface area contributed by atoms with Crippen LogP contribution in [0.1, 0.15) is 6.92 Å². The van der Waals surface area contributed by atoms with Gasteiger partial charge in [-0.15, -0.1) is 0 Å². The second kappa shape index (κ2) is 5.45. The fourth-order valence-electron chi connectivity index (χ4n) is 0.776. The maximum absolute atomic E-state index is 11.1. The van der Waals surface area contributed by atoms with Gasteiger partial charge in [0.1, 0.15) is 11.9 Å². The second-order valence-corrected chi connectivity index (χ2v) is 2.44. The van der Waals surface area contributed by atoms with Crippen LogP contribution in [0.5, 0.6) is 5.75 Å². The first kappa shape index (κ1) is 10.8. The predicted octanol–water partition coefficient (Wildman–Crippen LogP) is 1.12. The van der Waals surface area contributed by atoms with E-state index in [4.69, 9.17) is 4.74 Å². The van der Waals surface area contributed by atoms with Gasteiger partial charge in [-0.25, -0.2) is 9.59 Å². The summed E-state index contributed by atoms with van der Waals surface area (Å²) in [5, 5.41) is 0. The number of ether oxygens (including phenoxy) is 2. The summed E-state index contributed by atoms with van der Waals surface area (Å²) in [6, 6.07) is 8.23. The average molecular weight is 204 g/mol. The third kappa shape index (κ3) is 3.53. The summed E-state index contributed by atoms with van der Waals surface area (Å²) in [6.07, 6.45) is 2.01. The van der Waals surface area contributed by atoms with E-state index in [2.05, 4.69) is 10.7 Å². The molecule has 4 nitrogen and oxygen atoms in total. The van der Waals surface area contributed by atoms with Crippen LogP contribution in [0, 0.1) is 12.0 Å². The van der Waals surface area contributed by atoms with E-state index in [1.54, 1.807) is 30.3 Å². The molecule has 1 aromatic carbocycles. The zero-order valence-electron chi connectivity index (χ0n) is 8.02. The van der Waals surface area contributed by atoms with Gasteiger partial charge in [-0.1, -0.05) is 24.1 Å². The first-order chi connectivity index (χ1) is 7.24. The maximum Gasteiger partial charge on any atom is 0.431 e. The van der Waals surface area contributed by atoms with Crippen molar-refractivity contribution >= 4 is 11.9 Å². The van der Waals surface area contributed by atoms with Crippen molar-refractivity contribution in [3.63, 3.8) is 0 Å². The van der Waals surface area contributed by atoms with E-state index in [0.717, 1.165) is 0 Å². The Balaban J connectivity index is 2.55. The van der Waals surface area contributed by atoms with Crippen molar-refractivity contribution in [2.45, 2.75) is 6.92 Å². The van der Waals surface area contributed by atoms with Gasteiger partial charge in [0.2, 0.25) is 0 Å². The fraction of sp³-hybridized carbons (Fsp3) is 0.0909. The lowest BCUT2D eigenvalue weighted by Gasteiger charge is -2.00. The van der Waals surface area contributed by atoms with Gasteiger partial charge in [-0.05, 0) is 12.1 Å². The van der Waals surface area contributed by atoms with E-state index >= 15 is 0 Å². The van der Waals surface area contributed by atoms with Crippen LogP contribution in [0.2, 0.25) is 0 Å². The molecule has 0 unspecified atom stereocenters. The topological polar surface area (TPSA) is 52.6 Å². The highest BCUT2D eigenvalue weighted by molar-refractivity contribution is 6.30. The Bertz CT molecular complexity index is 411. The fourth-order valence-corrected chi connectivity index (χ4v) is 0.776. The minimum Gasteiger partial charge on any atom is -0.418 e. The van der Waals surface area contributed by atoms with Crippen LogP contribution in [0.25, 0.3) is 0 Å². The van der Waals surface area contributed by atoms with Crippen molar-refractivity contribution < 1.29 is 19.1 Å². The van der Waals surface area contributed by atoms with Crippen molar-refractivity contribution in [2.24, 2.45) is 0 Å². The third-order valence-electron chi connectivity index (χ3n) is 1.37. The summed E-state index contributed by atoms with van der Waals surface area (Å²) in [5.74, 6) is 0.373. The molecule has 0 saturated heterocycles. The molecule has 0 N–H and O–H groups in total. The Morgan fingerprint density at radius 3 is 2.40 bits per heavy atom. The van der Waals surface area contributed by atoms with Crippen LogP contribution in [0.3, 0.4) is 0 Å². The normalized spacial score (nSPS) is 8.33. The predicted molar refractivity (Wildman–Crippen MR) is 51.6 cm³/mol. The van der Waals surface area contributed by atoms with Crippen LogP contribution in [0.15, 0.2) is 30.3 Å². The van der Waals surface area contributed by atoms with Gasteiger partial charge in [0.15, 0.2) is 0 Å². The van der Waals surface area contributed by atoms with E-state index in [9.17, 15) is 9.59 Å². The second-order valence-electron chi connectivity index (χ2n) is 2.44. The number of esters is 2. The number of carbonyl (C=O) groups excluding carboxylic acids is 2. The molecule has 1 aromatic rings. The molecule has 76 valence electrons. The van der Waals surface area contributed by atoms with E-state index in [-0.39, 0.29) is 5.75 Å². The van der Waals surface area contributed by atoms with Gasteiger partial charge < -0.3 is 9.47 Å². The maximum atomic E-state index is 11.1. The molecule has 15 heavy (non-hydrogen) atoms. The van der Waals surface area contributed by atoms with Crippen LogP contribution < -0.4 is 4.74 Å². The molecule has 1 rings (SSSR count). The Morgan fingerprint density at radius 1 is 1.13 bits per heavy atom. The molecule has 0 spiro atoms. The Hall–Kier alpha value is -2.28. The number of hydrogen-bond donors (Lipinski definition) is 0. The van der Waals surface area contributed by atoms with E-state index in [1.807, 2.05) is 6.11 Å². The first-order valence-electron chi connectivity index (χ1n) is 4.14. The highest BCUT2D eigenvalue weighted by Crippen LogP contribution is 2.08. The van der Waals surface area contributed by atoms with Crippen molar-refractivity contribution in [3.05, 3.63) is 30.3 Å². The summed E-state index contributed by atoms with van der Waals surface area (Å²) in [5.41, 5.74) is 0. The SMILES string of the molecule is CC#COC(=O)C(=O)Oc1ccccc1. The Labute approximate surface area is 86.8 Å². The molecule has 0 aliphatic heterocycles. The van der Waals surface area contributed by atoms with Gasteiger partial charge in [0, 0.05) is 6.92 Å². The largest absolute Gasteiger partial charge is 0.431 e. The standard InChI is InChI=1S/C11H8O4/c1-2-8-14-10(12)11(13)15-9-6-4-3-5-7-9/h3-7H,1H3. The van der Waals surface area contributed by atoms with Gasteiger partial charge in [0.25, 0.3) is 0 Å². The molecule has 0 atom stereocenters. The molecule has 0 aliphatic carbocycles. The first-order valence-corrected chi connectivity index (χ1v) is 4.14. The molecule has 0 amide bonds.